The van der Waals surface area contributed by atoms with Crippen molar-refractivity contribution in [2.75, 3.05) is 5.88 Å². The predicted molar refractivity (Wildman–Crippen MR) is 55.5 cm³/mol. The number of carbonyl (C=O) groups is 1. The first kappa shape index (κ1) is 11.0. The summed E-state index contributed by atoms with van der Waals surface area (Å²) in [5.74, 6) is 0.303. The lowest BCUT2D eigenvalue weighted by atomic mass is 10.2. The zero-order valence-corrected chi connectivity index (χ0v) is 9.08. The second-order valence-electron chi connectivity index (χ2n) is 3.12. The minimum absolute atomic E-state index is 0.0269. The third kappa shape index (κ3) is 2.48. The fourth-order valence-electron chi connectivity index (χ4n) is 1.09. The fraction of sp³-hybridized carbons (Fsp3) is 0.556. The number of hydrogen-bond donors (Lipinski definition) is 1. The summed E-state index contributed by atoms with van der Waals surface area (Å²) in [6, 6.07) is 0.0269. The van der Waals surface area contributed by atoms with Crippen LogP contribution in [0.5, 0.6) is 0 Å². The van der Waals surface area contributed by atoms with E-state index in [0.717, 1.165) is 6.42 Å². The first-order chi connectivity index (χ1) is 6.69. The van der Waals surface area contributed by atoms with Gasteiger partial charge in [0.2, 0.25) is 0 Å². The molecule has 1 rings (SSSR count). The van der Waals surface area contributed by atoms with Gasteiger partial charge in [-0.15, -0.1) is 11.6 Å². The number of aromatic nitrogens is 2. The molecule has 0 saturated carbocycles. The third-order valence-corrected chi connectivity index (χ3v) is 2.44. The third-order valence-electron chi connectivity index (χ3n) is 2.06. The van der Waals surface area contributed by atoms with Crippen molar-refractivity contribution < 1.29 is 4.79 Å². The Morgan fingerprint density at radius 2 is 2.50 bits per heavy atom. The van der Waals surface area contributed by atoms with Gasteiger partial charge in [-0.05, 0) is 6.42 Å². The van der Waals surface area contributed by atoms with E-state index < -0.39 is 0 Å². The van der Waals surface area contributed by atoms with Crippen LogP contribution >= 0.6 is 11.6 Å². The van der Waals surface area contributed by atoms with Crippen LogP contribution in [0.4, 0.5) is 0 Å². The SMILES string of the molecule is CCC(CCl)NC(=O)c1cncn1C. The predicted octanol–water partition coefficient (Wildman–Crippen LogP) is 1.17. The molecule has 0 radical (unpaired) electrons. The van der Waals surface area contributed by atoms with Gasteiger partial charge in [0.25, 0.3) is 5.91 Å². The molecule has 1 N–H and O–H groups in total. The number of rotatable bonds is 4. The number of nitrogens with one attached hydrogen (secondary N) is 1. The van der Waals surface area contributed by atoms with Gasteiger partial charge >= 0.3 is 0 Å². The average molecular weight is 216 g/mol. The summed E-state index contributed by atoms with van der Waals surface area (Å²) >= 11 is 5.68. The van der Waals surface area contributed by atoms with Gasteiger partial charge in [0, 0.05) is 19.0 Å². The normalized spacial score (nSPS) is 12.5. The van der Waals surface area contributed by atoms with Crippen molar-refractivity contribution in [3.8, 4) is 0 Å². The highest BCUT2D eigenvalue weighted by Gasteiger charge is 2.13. The van der Waals surface area contributed by atoms with Crippen molar-refractivity contribution in [2.24, 2.45) is 7.05 Å². The van der Waals surface area contributed by atoms with Crippen molar-refractivity contribution in [3.05, 3.63) is 18.2 Å². The van der Waals surface area contributed by atoms with Crippen LogP contribution in [0.3, 0.4) is 0 Å². The Labute approximate surface area is 88.3 Å². The fourth-order valence-corrected chi connectivity index (χ4v) is 1.38. The lowest BCUT2D eigenvalue weighted by molar-refractivity contribution is 0.0931. The Morgan fingerprint density at radius 3 is 2.93 bits per heavy atom. The lowest BCUT2D eigenvalue weighted by Crippen LogP contribution is -2.36. The lowest BCUT2D eigenvalue weighted by Gasteiger charge is -2.13. The Bertz CT molecular complexity index is 307. The molecule has 1 aromatic rings. The van der Waals surface area contributed by atoms with E-state index in [-0.39, 0.29) is 11.9 Å². The molecule has 0 aromatic carbocycles. The smallest absolute Gasteiger partial charge is 0.269 e. The molecule has 78 valence electrons. The Balaban J connectivity index is 2.63. The van der Waals surface area contributed by atoms with Crippen LogP contribution in [0, 0.1) is 0 Å². The van der Waals surface area contributed by atoms with E-state index in [1.165, 1.54) is 6.20 Å². The van der Waals surface area contributed by atoms with E-state index in [1.807, 2.05) is 6.92 Å². The molecule has 0 bridgehead atoms. The van der Waals surface area contributed by atoms with Gasteiger partial charge < -0.3 is 9.88 Å². The van der Waals surface area contributed by atoms with Crippen molar-refractivity contribution in [2.45, 2.75) is 19.4 Å². The highest BCUT2D eigenvalue weighted by atomic mass is 35.5. The molecule has 1 aromatic heterocycles. The maximum atomic E-state index is 11.6. The van der Waals surface area contributed by atoms with Crippen LogP contribution in [0.2, 0.25) is 0 Å². The molecular formula is C9H14ClN3O. The van der Waals surface area contributed by atoms with Gasteiger partial charge in [0.1, 0.15) is 5.69 Å². The first-order valence-electron chi connectivity index (χ1n) is 4.52. The van der Waals surface area contributed by atoms with Crippen LogP contribution in [-0.2, 0) is 7.05 Å². The number of imidazole rings is 1. The van der Waals surface area contributed by atoms with E-state index in [2.05, 4.69) is 10.3 Å². The highest BCUT2D eigenvalue weighted by molar-refractivity contribution is 6.18. The number of carbonyl (C=O) groups excluding carboxylic acids is 1. The van der Waals surface area contributed by atoms with Crippen LogP contribution in [0.15, 0.2) is 12.5 Å². The highest BCUT2D eigenvalue weighted by Crippen LogP contribution is 1.99. The standard InChI is InChI=1S/C9H14ClN3O/c1-3-7(4-10)12-9(14)8-5-11-6-13(8)2/h5-7H,3-4H2,1-2H3,(H,12,14). The number of alkyl halides is 1. The van der Waals surface area contributed by atoms with E-state index in [0.29, 0.717) is 11.6 Å². The molecule has 5 heteroatoms. The minimum Gasteiger partial charge on any atom is -0.347 e. The zero-order valence-electron chi connectivity index (χ0n) is 8.33. The summed E-state index contributed by atoms with van der Waals surface area (Å²) in [5.41, 5.74) is 0.550. The van der Waals surface area contributed by atoms with Gasteiger partial charge in [0.15, 0.2) is 0 Å². The molecule has 14 heavy (non-hydrogen) atoms. The summed E-state index contributed by atoms with van der Waals surface area (Å²) in [4.78, 5) is 15.5. The maximum Gasteiger partial charge on any atom is 0.269 e. The summed E-state index contributed by atoms with van der Waals surface area (Å²) in [5, 5.41) is 2.83. The first-order valence-corrected chi connectivity index (χ1v) is 5.05. The molecule has 1 atom stereocenters. The minimum atomic E-state index is -0.127. The molecule has 0 saturated heterocycles. The summed E-state index contributed by atoms with van der Waals surface area (Å²) in [6.07, 6.45) is 3.96. The molecule has 1 amide bonds. The Kier molecular flexibility index (Phi) is 3.95. The van der Waals surface area contributed by atoms with Crippen LogP contribution < -0.4 is 5.32 Å². The van der Waals surface area contributed by atoms with Gasteiger partial charge in [0.05, 0.1) is 12.5 Å². The Hall–Kier alpha value is -1.03. The van der Waals surface area contributed by atoms with Gasteiger partial charge in [-0.3, -0.25) is 4.79 Å². The van der Waals surface area contributed by atoms with Crippen LogP contribution in [0.1, 0.15) is 23.8 Å². The molecule has 4 nitrogen and oxygen atoms in total. The largest absolute Gasteiger partial charge is 0.347 e. The molecule has 1 unspecified atom stereocenters. The van der Waals surface area contributed by atoms with Crippen molar-refractivity contribution in [1.29, 1.82) is 0 Å². The van der Waals surface area contributed by atoms with Crippen LogP contribution in [0.25, 0.3) is 0 Å². The summed E-state index contributed by atoms with van der Waals surface area (Å²) < 4.78 is 1.68. The van der Waals surface area contributed by atoms with Gasteiger partial charge in [-0.2, -0.15) is 0 Å². The summed E-state index contributed by atoms with van der Waals surface area (Å²) in [7, 11) is 1.78. The number of amides is 1. The van der Waals surface area contributed by atoms with E-state index in [9.17, 15) is 4.79 Å². The number of hydrogen-bond acceptors (Lipinski definition) is 2. The number of nitrogens with zero attached hydrogens (tertiary/aromatic N) is 2. The quantitative estimate of drug-likeness (QED) is 0.767. The van der Waals surface area contributed by atoms with Gasteiger partial charge in [-0.25, -0.2) is 4.98 Å². The average Bonchev–Trinajstić information content (AvgIpc) is 2.60. The number of halogens is 1. The van der Waals surface area contributed by atoms with Crippen LogP contribution in [-0.4, -0.2) is 27.4 Å². The molecule has 0 aliphatic carbocycles. The van der Waals surface area contributed by atoms with Crippen molar-refractivity contribution in [1.82, 2.24) is 14.9 Å². The second kappa shape index (κ2) is 5.00. The molecule has 0 spiro atoms. The summed E-state index contributed by atoms with van der Waals surface area (Å²) in [6.45, 7) is 1.98. The molecule has 0 aliphatic rings. The van der Waals surface area contributed by atoms with E-state index >= 15 is 0 Å². The van der Waals surface area contributed by atoms with Crippen molar-refractivity contribution >= 4 is 17.5 Å². The van der Waals surface area contributed by atoms with E-state index in [4.69, 9.17) is 11.6 Å². The maximum absolute atomic E-state index is 11.6. The van der Waals surface area contributed by atoms with Crippen molar-refractivity contribution in [3.63, 3.8) is 0 Å². The molecule has 1 heterocycles. The number of aryl methyl sites for hydroxylation is 1. The van der Waals surface area contributed by atoms with E-state index in [1.54, 1.807) is 17.9 Å². The zero-order chi connectivity index (χ0) is 10.6. The topological polar surface area (TPSA) is 46.9 Å². The van der Waals surface area contributed by atoms with Gasteiger partial charge in [-0.1, -0.05) is 6.92 Å². The molecular weight excluding hydrogens is 202 g/mol. The molecule has 0 aliphatic heterocycles. The Morgan fingerprint density at radius 1 is 1.79 bits per heavy atom. The second-order valence-corrected chi connectivity index (χ2v) is 3.43. The molecule has 0 fully saturated rings. The monoisotopic (exact) mass is 215 g/mol.